The molecule has 0 aromatic heterocycles. The maximum Gasteiger partial charge on any atom is 0.0579 e. The van der Waals surface area contributed by atoms with Crippen molar-refractivity contribution in [3.8, 4) is 0 Å². The minimum Gasteiger partial charge on any atom is -0.403 e. The van der Waals surface area contributed by atoms with Crippen LogP contribution in [0.2, 0.25) is 0 Å². The predicted octanol–water partition coefficient (Wildman–Crippen LogP) is 2.82. The third kappa shape index (κ3) is 5.35. The van der Waals surface area contributed by atoms with Gasteiger partial charge in [-0.25, -0.2) is 0 Å². The Bertz CT molecular complexity index is 269. The Morgan fingerprint density at radius 3 is 2.65 bits per heavy atom. The van der Waals surface area contributed by atoms with E-state index < -0.39 is 0 Å². The van der Waals surface area contributed by atoms with Crippen molar-refractivity contribution >= 4 is 6.21 Å². The van der Waals surface area contributed by atoms with Gasteiger partial charge in [0.1, 0.15) is 0 Å². The molecule has 3 heteroatoms. The zero-order chi connectivity index (χ0) is 12.7. The summed E-state index contributed by atoms with van der Waals surface area (Å²) in [4.78, 5) is 4.52. The molecule has 1 aliphatic rings. The molecular formula is C14H27N3. The van der Waals surface area contributed by atoms with Crippen LogP contribution in [-0.2, 0) is 0 Å². The summed E-state index contributed by atoms with van der Waals surface area (Å²) >= 11 is 0. The van der Waals surface area contributed by atoms with Crippen LogP contribution >= 0.6 is 0 Å². The highest BCUT2D eigenvalue weighted by Crippen LogP contribution is 2.13. The van der Waals surface area contributed by atoms with Crippen LogP contribution in [0.1, 0.15) is 52.9 Å². The third-order valence-electron chi connectivity index (χ3n) is 3.32. The fourth-order valence-corrected chi connectivity index (χ4v) is 2.20. The summed E-state index contributed by atoms with van der Waals surface area (Å²) in [5, 5.41) is 3.62. The van der Waals surface area contributed by atoms with Crippen LogP contribution < -0.4 is 11.1 Å². The molecule has 0 aliphatic carbocycles. The maximum atomic E-state index is 5.58. The molecule has 0 aromatic carbocycles. The topological polar surface area (TPSA) is 50.4 Å². The second-order valence-corrected chi connectivity index (χ2v) is 5.34. The summed E-state index contributed by atoms with van der Waals surface area (Å²) in [6.45, 7) is 6.49. The zero-order valence-electron chi connectivity index (χ0n) is 11.4. The summed E-state index contributed by atoms with van der Waals surface area (Å²) in [5.41, 5.74) is 6.55. The van der Waals surface area contributed by atoms with Crippen molar-refractivity contribution in [1.82, 2.24) is 5.32 Å². The van der Waals surface area contributed by atoms with Gasteiger partial charge >= 0.3 is 0 Å². The van der Waals surface area contributed by atoms with Crippen LogP contribution in [0.4, 0.5) is 0 Å². The maximum absolute atomic E-state index is 5.58. The molecule has 0 radical (unpaired) electrons. The molecule has 1 aliphatic heterocycles. The Labute approximate surface area is 106 Å². The van der Waals surface area contributed by atoms with Gasteiger partial charge in [-0.15, -0.1) is 0 Å². The van der Waals surface area contributed by atoms with Crippen LogP contribution in [0.25, 0.3) is 0 Å². The Balaban J connectivity index is 2.55. The van der Waals surface area contributed by atoms with Crippen molar-refractivity contribution < 1.29 is 0 Å². The minimum absolute atomic E-state index is 0.391. The number of allylic oxidation sites excluding steroid dienone is 1. The third-order valence-corrected chi connectivity index (χ3v) is 3.32. The van der Waals surface area contributed by atoms with E-state index >= 15 is 0 Å². The van der Waals surface area contributed by atoms with Crippen LogP contribution in [0.5, 0.6) is 0 Å². The van der Waals surface area contributed by atoms with E-state index in [9.17, 15) is 0 Å². The molecular weight excluding hydrogens is 210 g/mol. The molecule has 3 nitrogen and oxygen atoms in total. The standard InChI is InChI=1S/C14H27N3/c1-11(2)14(9-15)16-10-13-8-6-4-5-7-12(3)17-13/h9-13,17H,4-8,15H2,1-3H3/b14-9-,16-10-. The van der Waals surface area contributed by atoms with Crippen LogP contribution in [0, 0.1) is 5.92 Å². The molecule has 0 aromatic rings. The van der Waals surface area contributed by atoms with E-state index in [4.69, 9.17) is 5.73 Å². The lowest BCUT2D eigenvalue weighted by molar-refractivity contribution is 0.410. The van der Waals surface area contributed by atoms with Gasteiger partial charge in [0.25, 0.3) is 0 Å². The highest BCUT2D eigenvalue weighted by molar-refractivity contribution is 5.65. The molecule has 1 rings (SSSR count). The Hall–Kier alpha value is -0.830. The van der Waals surface area contributed by atoms with Gasteiger partial charge in [-0.3, -0.25) is 4.99 Å². The summed E-state index contributed by atoms with van der Waals surface area (Å²) in [5.74, 6) is 0.391. The van der Waals surface area contributed by atoms with Crippen LogP contribution in [-0.4, -0.2) is 18.3 Å². The first-order chi connectivity index (χ1) is 8.13. The average Bonchev–Trinajstić information content (AvgIpc) is 2.25. The highest BCUT2D eigenvalue weighted by atomic mass is 15.0. The largest absolute Gasteiger partial charge is 0.403 e. The van der Waals surface area contributed by atoms with Crippen molar-refractivity contribution in [3.63, 3.8) is 0 Å². The lowest BCUT2D eigenvalue weighted by Crippen LogP contribution is -2.38. The molecule has 2 atom stereocenters. The first kappa shape index (κ1) is 14.2. The van der Waals surface area contributed by atoms with E-state index in [2.05, 4.69) is 31.1 Å². The molecule has 1 heterocycles. The fraction of sp³-hybridized carbons (Fsp3) is 0.786. The van der Waals surface area contributed by atoms with Crippen molar-refractivity contribution in [2.45, 2.75) is 65.0 Å². The van der Waals surface area contributed by atoms with E-state index in [1.165, 1.54) is 32.1 Å². The van der Waals surface area contributed by atoms with E-state index in [-0.39, 0.29) is 0 Å². The Morgan fingerprint density at radius 1 is 1.29 bits per heavy atom. The molecule has 1 fully saturated rings. The van der Waals surface area contributed by atoms with Crippen molar-refractivity contribution in [2.24, 2.45) is 16.6 Å². The number of rotatable bonds is 3. The minimum atomic E-state index is 0.391. The van der Waals surface area contributed by atoms with E-state index in [1.54, 1.807) is 6.20 Å². The molecule has 98 valence electrons. The van der Waals surface area contributed by atoms with Gasteiger partial charge in [0.05, 0.1) is 5.70 Å². The van der Waals surface area contributed by atoms with E-state index in [0.29, 0.717) is 18.0 Å². The summed E-state index contributed by atoms with van der Waals surface area (Å²) < 4.78 is 0. The fourth-order valence-electron chi connectivity index (χ4n) is 2.20. The van der Waals surface area contributed by atoms with Gasteiger partial charge in [-0.05, 0) is 25.7 Å². The molecule has 3 N–H and O–H groups in total. The lowest BCUT2D eigenvalue weighted by Gasteiger charge is -2.23. The van der Waals surface area contributed by atoms with Gasteiger partial charge < -0.3 is 11.1 Å². The predicted molar refractivity (Wildman–Crippen MR) is 75.1 cm³/mol. The van der Waals surface area contributed by atoms with Gasteiger partial charge in [-0.1, -0.05) is 33.1 Å². The van der Waals surface area contributed by atoms with Gasteiger partial charge in [0, 0.05) is 24.5 Å². The van der Waals surface area contributed by atoms with Crippen LogP contribution in [0.3, 0.4) is 0 Å². The summed E-state index contributed by atoms with van der Waals surface area (Å²) in [7, 11) is 0. The second kappa shape index (κ2) is 7.49. The number of nitrogens with two attached hydrogens (primary N) is 1. The SMILES string of the molecule is CC1CCCCCC(/C=N\C(=C/N)C(C)C)N1. The Morgan fingerprint density at radius 2 is 2.00 bits per heavy atom. The van der Waals surface area contributed by atoms with Crippen molar-refractivity contribution in [3.05, 3.63) is 11.9 Å². The van der Waals surface area contributed by atoms with Gasteiger partial charge in [0.15, 0.2) is 0 Å². The number of nitrogens with one attached hydrogen (secondary N) is 1. The van der Waals surface area contributed by atoms with E-state index in [0.717, 1.165) is 5.70 Å². The first-order valence-electron chi connectivity index (χ1n) is 6.85. The number of hydrogen-bond acceptors (Lipinski definition) is 3. The van der Waals surface area contributed by atoms with Crippen LogP contribution in [0.15, 0.2) is 16.9 Å². The monoisotopic (exact) mass is 237 g/mol. The average molecular weight is 237 g/mol. The molecule has 2 unspecified atom stereocenters. The van der Waals surface area contributed by atoms with Crippen molar-refractivity contribution in [1.29, 1.82) is 0 Å². The summed E-state index contributed by atoms with van der Waals surface area (Å²) in [6.07, 6.45) is 10.1. The number of hydrogen-bond donors (Lipinski definition) is 2. The van der Waals surface area contributed by atoms with Gasteiger partial charge in [-0.2, -0.15) is 0 Å². The molecule has 1 saturated heterocycles. The van der Waals surface area contributed by atoms with E-state index in [1.807, 2.05) is 6.21 Å². The normalized spacial score (nSPS) is 28.4. The molecule has 0 amide bonds. The highest BCUT2D eigenvalue weighted by Gasteiger charge is 2.13. The summed E-state index contributed by atoms with van der Waals surface area (Å²) in [6, 6.07) is 0.995. The number of aliphatic imine (C=N–C) groups is 1. The Kier molecular flexibility index (Phi) is 6.27. The molecule has 0 spiro atoms. The zero-order valence-corrected chi connectivity index (χ0v) is 11.4. The lowest BCUT2D eigenvalue weighted by atomic mass is 10.0. The van der Waals surface area contributed by atoms with Gasteiger partial charge in [0.2, 0.25) is 0 Å². The first-order valence-corrected chi connectivity index (χ1v) is 6.85. The number of nitrogens with zero attached hydrogens (tertiary/aromatic N) is 1. The smallest absolute Gasteiger partial charge is 0.0579 e. The molecule has 0 saturated carbocycles. The second-order valence-electron chi connectivity index (χ2n) is 5.34. The molecule has 0 bridgehead atoms. The van der Waals surface area contributed by atoms with Crippen molar-refractivity contribution in [2.75, 3.05) is 0 Å². The quantitative estimate of drug-likeness (QED) is 0.742. The molecule has 17 heavy (non-hydrogen) atoms.